The van der Waals surface area contributed by atoms with E-state index in [1.54, 1.807) is 36.4 Å². The number of aromatic nitrogens is 2. The van der Waals surface area contributed by atoms with Gasteiger partial charge in [0.25, 0.3) is 5.56 Å². The highest BCUT2D eigenvalue weighted by molar-refractivity contribution is 5.77. The van der Waals surface area contributed by atoms with Crippen LogP contribution in [0.3, 0.4) is 0 Å². The summed E-state index contributed by atoms with van der Waals surface area (Å²) in [5.41, 5.74) is 1.12. The lowest BCUT2D eigenvalue weighted by atomic mass is 10.2. The second-order valence-corrected chi connectivity index (χ2v) is 5.43. The second-order valence-electron chi connectivity index (χ2n) is 5.43. The molecule has 0 unspecified atom stereocenters. The number of aromatic amines is 1. The van der Waals surface area contributed by atoms with Crippen LogP contribution in [0.2, 0.25) is 0 Å². The number of para-hydroxylation sites is 1. The van der Waals surface area contributed by atoms with E-state index < -0.39 is 0 Å². The molecule has 1 amide bonds. The first-order valence-corrected chi connectivity index (χ1v) is 7.68. The molecule has 0 radical (unpaired) electrons. The van der Waals surface area contributed by atoms with Gasteiger partial charge in [0.1, 0.15) is 24.9 Å². The Bertz CT molecular complexity index is 938. The van der Waals surface area contributed by atoms with Gasteiger partial charge in [0.2, 0.25) is 5.91 Å². The molecule has 0 aliphatic heterocycles. The smallest absolute Gasteiger partial charge is 0.258 e. The fourth-order valence-electron chi connectivity index (χ4n) is 2.30. The lowest BCUT2D eigenvalue weighted by Crippen LogP contribution is -2.27. The fourth-order valence-corrected chi connectivity index (χ4v) is 2.30. The molecule has 6 nitrogen and oxygen atoms in total. The molecule has 0 atom stereocenters. The van der Waals surface area contributed by atoms with Gasteiger partial charge in [-0.05, 0) is 29.8 Å². The van der Waals surface area contributed by atoms with Crippen LogP contribution >= 0.6 is 0 Å². The Balaban J connectivity index is 1.50. The highest BCUT2D eigenvalue weighted by atomic mass is 19.1. The summed E-state index contributed by atoms with van der Waals surface area (Å²) in [6.07, 6.45) is 0. The van der Waals surface area contributed by atoms with Crippen molar-refractivity contribution in [3.63, 3.8) is 0 Å². The number of amides is 1. The van der Waals surface area contributed by atoms with E-state index in [9.17, 15) is 14.0 Å². The summed E-state index contributed by atoms with van der Waals surface area (Å²) in [7, 11) is 0. The molecular weight excluding hydrogens is 325 g/mol. The van der Waals surface area contributed by atoms with E-state index in [0.717, 1.165) is 5.56 Å². The Morgan fingerprint density at radius 3 is 2.72 bits per heavy atom. The highest BCUT2D eigenvalue weighted by Crippen LogP contribution is 2.06. The van der Waals surface area contributed by atoms with Crippen molar-refractivity contribution in [1.29, 1.82) is 0 Å². The standard InChI is InChI=1S/C18H16FN3O3/c19-13-7-5-12(6-8-13)9-20-17(23)11-25-10-16-21-15-4-2-1-3-14(15)18(24)22-16/h1-8H,9-11H2,(H,20,23)(H,21,22,24). The Hall–Kier alpha value is -3.06. The van der Waals surface area contributed by atoms with E-state index in [0.29, 0.717) is 16.7 Å². The van der Waals surface area contributed by atoms with Crippen molar-refractivity contribution in [1.82, 2.24) is 15.3 Å². The molecule has 1 heterocycles. The zero-order valence-electron chi connectivity index (χ0n) is 13.3. The predicted octanol–water partition coefficient (Wildman–Crippen LogP) is 1.90. The van der Waals surface area contributed by atoms with Crippen LogP contribution in [-0.4, -0.2) is 22.5 Å². The number of ether oxygens (including phenoxy) is 1. The molecule has 3 aromatic rings. The number of H-pyrrole nitrogens is 1. The van der Waals surface area contributed by atoms with Crippen molar-refractivity contribution in [3.05, 3.63) is 76.1 Å². The van der Waals surface area contributed by atoms with Crippen LogP contribution in [0, 0.1) is 5.82 Å². The molecule has 0 aliphatic rings. The number of carbonyl (C=O) groups is 1. The average molecular weight is 341 g/mol. The van der Waals surface area contributed by atoms with Gasteiger partial charge in [0.15, 0.2) is 0 Å². The Kier molecular flexibility index (Phi) is 5.15. The molecule has 0 fully saturated rings. The van der Waals surface area contributed by atoms with Gasteiger partial charge >= 0.3 is 0 Å². The SMILES string of the molecule is O=C(COCc1nc2ccccc2c(=O)[nH]1)NCc1ccc(F)cc1. The number of fused-ring (bicyclic) bond motifs is 1. The number of rotatable bonds is 6. The van der Waals surface area contributed by atoms with E-state index in [4.69, 9.17) is 4.74 Å². The summed E-state index contributed by atoms with van der Waals surface area (Å²) >= 11 is 0. The van der Waals surface area contributed by atoms with E-state index in [1.165, 1.54) is 12.1 Å². The minimum Gasteiger partial charge on any atom is -0.364 e. The molecule has 3 rings (SSSR count). The van der Waals surface area contributed by atoms with E-state index in [2.05, 4.69) is 15.3 Å². The third kappa shape index (κ3) is 4.48. The summed E-state index contributed by atoms with van der Waals surface area (Å²) in [4.78, 5) is 30.6. The number of nitrogens with one attached hydrogen (secondary N) is 2. The van der Waals surface area contributed by atoms with Crippen molar-refractivity contribution in [3.8, 4) is 0 Å². The zero-order valence-corrected chi connectivity index (χ0v) is 13.3. The average Bonchev–Trinajstić information content (AvgIpc) is 2.61. The van der Waals surface area contributed by atoms with Crippen LogP contribution in [0.1, 0.15) is 11.4 Å². The molecule has 25 heavy (non-hydrogen) atoms. The summed E-state index contributed by atoms with van der Waals surface area (Å²) in [6, 6.07) is 12.8. The molecule has 0 bridgehead atoms. The fraction of sp³-hybridized carbons (Fsp3) is 0.167. The number of carbonyl (C=O) groups excluding carboxylic acids is 1. The molecule has 7 heteroatoms. The zero-order chi connectivity index (χ0) is 17.6. The second kappa shape index (κ2) is 7.67. The number of benzene rings is 2. The number of halogens is 1. The highest BCUT2D eigenvalue weighted by Gasteiger charge is 2.06. The van der Waals surface area contributed by atoms with Crippen LogP contribution in [0.4, 0.5) is 4.39 Å². The molecular formula is C18H16FN3O3. The monoisotopic (exact) mass is 341 g/mol. The van der Waals surface area contributed by atoms with Crippen molar-refractivity contribution in [2.75, 3.05) is 6.61 Å². The summed E-state index contributed by atoms with van der Waals surface area (Å²) in [6.45, 7) is 0.134. The first-order valence-electron chi connectivity index (χ1n) is 7.68. The molecule has 0 aliphatic carbocycles. The van der Waals surface area contributed by atoms with Gasteiger partial charge < -0.3 is 15.0 Å². The lowest BCUT2D eigenvalue weighted by Gasteiger charge is -2.07. The first-order chi connectivity index (χ1) is 12.1. The minimum atomic E-state index is -0.324. The lowest BCUT2D eigenvalue weighted by molar-refractivity contribution is -0.126. The molecule has 2 aromatic carbocycles. The summed E-state index contributed by atoms with van der Waals surface area (Å²) in [5.74, 6) is -0.280. The predicted molar refractivity (Wildman–Crippen MR) is 90.3 cm³/mol. The Labute approximate surface area is 142 Å². The van der Waals surface area contributed by atoms with E-state index in [1.807, 2.05) is 0 Å². The van der Waals surface area contributed by atoms with Gasteiger partial charge in [0.05, 0.1) is 10.9 Å². The van der Waals surface area contributed by atoms with Gasteiger partial charge in [-0.1, -0.05) is 24.3 Å². The third-order valence-corrected chi connectivity index (χ3v) is 3.54. The summed E-state index contributed by atoms with van der Waals surface area (Å²) in [5, 5.41) is 3.17. The number of hydrogen-bond acceptors (Lipinski definition) is 4. The maximum absolute atomic E-state index is 12.8. The Morgan fingerprint density at radius 2 is 1.92 bits per heavy atom. The minimum absolute atomic E-state index is 0.0179. The van der Waals surface area contributed by atoms with Gasteiger partial charge in [-0.3, -0.25) is 9.59 Å². The van der Waals surface area contributed by atoms with Crippen molar-refractivity contribution in [2.45, 2.75) is 13.2 Å². The maximum atomic E-state index is 12.8. The van der Waals surface area contributed by atoms with Gasteiger partial charge in [-0.15, -0.1) is 0 Å². The number of nitrogens with zero attached hydrogens (tertiary/aromatic N) is 1. The maximum Gasteiger partial charge on any atom is 0.258 e. The quantitative estimate of drug-likeness (QED) is 0.717. The van der Waals surface area contributed by atoms with Crippen LogP contribution in [0.5, 0.6) is 0 Å². The molecule has 2 N–H and O–H groups in total. The van der Waals surface area contributed by atoms with Gasteiger partial charge in [-0.25, -0.2) is 9.37 Å². The van der Waals surface area contributed by atoms with Crippen molar-refractivity contribution < 1.29 is 13.9 Å². The van der Waals surface area contributed by atoms with E-state index >= 15 is 0 Å². The normalized spacial score (nSPS) is 10.8. The first kappa shape index (κ1) is 16.8. The third-order valence-electron chi connectivity index (χ3n) is 3.54. The van der Waals surface area contributed by atoms with Crippen LogP contribution in [0.25, 0.3) is 10.9 Å². The largest absolute Gasteiger partial charge is 0.364 e. The van der Waals surface area contributed by atoms with Crippen LogP contribution in [-0.2, 0) is 22.7 Å². The van der Waals surface area contributed by atoms with Crippen molar-refractivity contribution in [2.24, 2.45) is 0 Å². The van der Waals surface area contributed by atoms with Gasteiger partial charge in [0, 0.05) is 6.54 Å². The van der Waals surface area contributed by atoms with Crippen LogP contribution in [0.15, 0.2) is 53.3 Å². The van der Waals surface area contributed by atoms with Gasteiger partial charge in [-0.2, -0.15) is 0 Å². The molecule has 0 saturated heterocycles. The van der Waals surface area contributed by atoms with E-state index in [-0.39, 0.29) is 37.0 Å². The topological polar surface area (TPSA) is 84.1 Å². The Morgan fingerprint density at radius 1 is 1.16 bits per heavy atom. The van der Waals surface area contributed by atoms with Crippen LogP contribution < -0.4 is 10.9 Å². The molecule has 0 saturated carbocycles. The number of hydrogen-bond donors (Lipinski definition) is 2. The molecule has 0 spiro atoms. The summed E-state index contributed by atoms with van der Waals surface area (Å²) < 4.78 is 18.1. The van der Waals surface area contributed by atoms with Crippen molar-refractivity contribution >= 4 is 16.8 Å². The molecule has 128 valence electrons. The molecule has 1 aromatic heterocycles.